The molecule has 100 valence electrons. The minimum atomic E-state index is -0.220. The van der Waals surface area contributed by atoms with Crippen LogP contribution in [0, 0.1) is 13.8 Å². The van der Waals surface area contributed by atoms with Crippen LogP contribution in [0.25, 0.3) is 0 Å². The summed E-state index contributed by atoms with van der Waals surface area (Å²) in [5.74, 6) is -0.220. The molecule has 0 saturated heterocycles. The monoisotopic (exact) mass is 266 g/mol. The number of aryl methyl sites for hydroxylation is 2. The Morgan fingerprint density at radius 2 is 2.00 bits per heavy atom. The molecule has 0 saturated carbocycles. The lowest BCUT2D eigenvalue weighted by molar-refractivity contribution is -0.110. The van der Waals surface area contributed by atoms with Crippen LogP contribution in [0.2, 0.25) is 0 Å². The number of fused-ring (bicyclic) bond motifs is 1. The smallest absolute Gasteiger partial charge is 0.276 e. The van der Waals surface area contributed by atoms with E-state index in [0.717, 1.165) is 28.2 Å². The molecule has 3 rings (SSSR count). The molecule has 0 bridgehead atoms. The lowest BCUT2D eigenvalue weighted by Gasteiger charge is -1.93. The Labute approximate surface area is 116 Å². The van der Waals surface area contributed by atoms with Crippen LogP contribution in [0.15, 0.2) is 40.5 Å². The first-order chi connectivity index (χ1) is 9.65. The van der Waals surface area contributed by atoms with Gasteiger partial charge in [0.05, 0.1) is 17.6 Å². The van der Waals surface area contributed by atoms with Crippen LogP contribution >= 0.6 is 0 Å². The van der Waals surface area contributed by atoms with Crippen molar-refractivity contribution in [3.63, 3.8) is 0 Å². The van der Waals surface area contributed by atoms with Crippen LogP contribution in [-0.4, -0.2) is 22.8 Å². The molecule has 20 heavy (non-hydrogen) atoms. The van der Waals surface area contributed by atoms with Crippen molar-refractivity contribution < 1.29 is 4.79 Å². The predicted molar refractivity (Wildman–Crippen MR) is 79.5 cm³/mol. The van der Waals surface area contributed by atoms with Gasteiger partial charge >= 0.3 is 0 Å². The predicted octanol–water partition coefficient (Wildman–Crippen LogP) is 2.41. The molecule has 0 atom stereocenters. The van der Waals surface area contributed by atoms with Crippen molar-refractivity contribution in [1.82, 2.24) is 4.98 Å². The minimum absolute atomic E-state index is 0.220. The highest BCUT2D eigenvalue weighted by Gasteiger charge is 2.25. The Hall–Kier alpha value is -2.69. The normalized spacial score (nSPS) is 15.9. The minimum Gasteiger partial charge on any atom is -0.358 e. The van der Waals surface area contributed by atoms with E-state index in [1.807, 2.05) is 44.2 Å². The Kier molecular flexibility index (Phi) is 2.95. The summed E-state index contributed by atoms with van der Waals surface area (Å²) < 4.78 is 0. The summed E-state index contributed by atoms with van der Waals surface area (Å²) in [7, 11) is 0. The maximum Gasteiger partial charge on any atom is 0.276 e. The van der Waals surface area contributed by atoms with Crippen LogP contribution in [0.1, 0.15) is 22.5 Å². The van der Waals surface area contributed by atoms with Gasteiger partial charge in [-0.1, -0.05) is 18.2 Å². The number of nitrogens with zero attached hydrogens (tertiary/aromatic N) is 2. The van der Waals surface area contributed by atoms with E-state index in [-0.39, 0.29) is 5.91 Å². The maximum absolute atomic E-state index is 11.8. The molecule has 1 aromatic carbocycles. The van der Waals surface area contributed by atoms with Crippen molar-refractivity contribution in [3.05, 3.63) is 52.8 Å². The molecule has 5 heteroatoms. The van der Waals surface area contributed by atoms with Gasteiger partial charge in [-0.2, -0.15) is 5.10 Å². The number of hydrogen-bond acceptors (Lipinski definition) is 3. The van der Waals surface area contributed by atoms with Crippen LogP contribution < -0.4 is 5.32 Å². The summed E-state index contributed by atoms with van der Waals surface area (Å²) in [5, 5.41) is 10.8. The summed E-state index contributed by atoms with van der Waals surface area (Å²) in [4.78, 5) is 15.0. The van der Waals surface area contributed by atoms with Crippen molar-refractivity contribution in [3.8, 4) is 0 Å². The van der Waals surface area contributed by atoms with E-state index in [1.165, 1.54) is 0 Å². The Balaban J connectivity index is 1.90. The van der Waals surface area contributed by atoms with Crippen molar-refractivity contribution in [2.75, 3.05) is 5.32 Å². The molecule has 2 heterocycles. The van der Waals surface area contributed by atoms with Crippen LogP contribution in [0.4, 0.5) is 5.69 Å². The van der Waals surface area contributed by atoms with E-state index in [2.05, 4.69) is 20.5 Å². The number of carbonyl (C=O) groups is 1. The molecule has 0 aliphatic carbocycles. The third kappa shape index (κ3) is 2.14. The summed E-state index contributed by atoms with van der Waals surface area (Å²) in [6.07, 6.45) is 1.63. The molecular formula is C15H14N4O. The Bertz CT molecular complexity index is 740. The third-order valence-corrected chi connectivity index (χ3v) is 3.18. The number of H-pyrrole nitrogens is 1. The highest BCUT2D eigenvalue weighted by Crippen LogP contribution is 2.22. The van der Waals surface area contributed by atoms with Gasteiger partial charge in [0.15, 0.2) is 5.71 Å². The second-order valence-electron chi connectivity index (χ2n) is 4.74. The standard InChI is InChI=1S/C15H14N4O/c1-9-7-10(2)17-13(9)8-16-19-14-11-5-3-4-6-12(11)18-15(14)20/h3-8,17H,1-2H3,(H,18,19,20). The van der Waals surface area contributed by atoms with Gasteiger partial charge in [-0.3, -0.25) is 4.79 Å². The number of nitrogens with one attached hydrogen (secondary N) is 2. The van der Waals surface area contributed by atoms with E-state index in [4.69, 9.17) is 0 Å². The molecule has 1 aromatic heterocycles. The number of rotatable bonds is 2. The van der Waals surface area contributed by atoms with E-state index in [0.29, 0.717) is 5.71 Å². The van der Waals surface area contributed by atoms with Gasteiger partial charge in [0.25, 0.3) is 5.91 Å². The maximum atomic E-state index is 11.8. The highest BCUT2D eigenvalue weighted by molar-refractivity contribution is 6.53. The molecule has 0 fully saturated rings. The van der Waals surface area contributed by atoms with Gasteiger partial charge in [-0.05, 0) is 31.5 Å². The van der Waals surface area contributed by atoms with Crippen LogP contribution in [-0.2, 0) is 4.79 Å². The number of amides is 1. The number of anilines is 1. The third-order valence-electron chi connectivity index (χ3n) is 3.18. The second-order valence-corrected chi connectivity index (χ2v) is 4.74. The lowest BCUT2D eigenvalue weighted by Crippen LogP contribution is -2.13. The van der Waals surface area contributed by atoms with Gasteiger partial charge in [-0.25, -0.2) is 0 Å². The zero-order valence-corrected chi connectivity index (χ0v) is 11.3. The largest absolute Gasteiger partial charge is 0.358 e. The molecule has 1 aliphatic heterocycles. The fourth-order valence-corrected chi connectivity index (χ4v) is 2.23. The van der Waals surface area contributed by atoms with Crippen molar-refractivity contribution >= 4 is 23.5 Å². The van der Waals surface area contributed by atoms with E-state index >= 15 is 0 Å². The van der Waals surface area contributed by atoms with Crippen LogP contribution in [0.5, 0.6) is 0 Å². The summed E-state index contributed by atoms with van der Waals surface area (Å²) in [6, 6.07) is 9.48. The molecule has 0 unspecified atom stereocenters. The Morgan fingerprint density at radius 1 is 1.20 bits per heavy atom. The van der Waals surface area contributed by atoms with Gasteiger partial charge in [0, 0.05) is 11.3 Å². The average Bonchev–Trinajstić information content (AvgIpc) is 2.90. The van der Waals surface area contributed by atoms with Crippen molar-refractivity contribution in [2.24, 2.45) is 10.2 Å². The first-order valence-electron chi connectivity index (χ1n) is 6.33. The highest BCUT2D eigenvalue weighted by atomic mass is 16.2. The van der Waals surface area contributed by atoms with Crippen LogP contribution in [0.3, 0.4) is 0 Å². The van der Waals surface area contributed by atoms with E-state index < -0.39 is 0 Å². The molecule has 5 nitrogen and oxygen atoms in total. The first kappa shape index (κ1) is 12.3. The number of para-hydroxylation sites is 1. The fourth-order valence-electron chi connectivity index (χ4n) is 2.23. The zero-order chi connectivity index (χ0) is 14.1. The molecule has 1 aliphatic rings. The molecule has 0 radical (unpaired) electrons. The lowest BCUT2D eigenvalue weighted by atomic mass is 10.1. The number of benzene rings is 1. The summed E-state index contributed by atoms with van der Waals surface area (Å²) >= 11 is 0. The quantitative estimate of drug-likeness (QED) is 0.636. The van der Waals surface area contributed by atoms with Gasteiger partial charge in [0.1, 0.15) is 0 Å². The molecular weight excluding hydrogens is 252 g/mol. The fraction of sp³-hybridized carbons (Fsp3) is 0.133. The number of hydrogen-bond donors (Lipinski definition) is 2. The van der Waals surface area contributed by atoms with Crippen molar-refractivity contribution in [1.29, 1.82) is 0 Å². The number of carbonyl (C=O) groups excluding carboxylic acids is 1. The average molecular weight is 266 g/mol. The SMILES string of the molecule is Cc1cc(C)c(C=NN=C2C(=O)Nc3ccccc32)[nH]1. The molecule has 2 N–H and O–H groups in total. The number of aromatic nitrogens is 1. The van der Waals surface area contributed by atoms with Gasteiger partial charge in [0.2, 0.25) is 0 Å². The van der Waals surface area contributed by atoms with Gasteiger partial charge < -0.3 is 10.3 Å². The first-order valence-corrected chi connectivity index (χ1v) is 6.33. The van der Waals surface area contributed by atoms with E-state index in [9.17, 15) is 4.79 Å². The van der Waals surface area contributed by atoms with Crippen molar-refractivity contribution in [2.45, 2.75) is 13.8 Å². The summed E-state index contributed by atoms with van der Waals surface area (Å²) in [5.41, 5.74) is 4.98. The zero-order valence-electron chi connectivity index (χ0n) is 11.3. The summed E-state index contributed by atoms with van der Waals surface area (Å²) in [6.45, 7) is 3.98. The molecule has 2 aromatic rings. The van der Waals surface area contributed by atoms with Gasteiger partial charge in [-0.15, -0.1) is 5.10 Å². The number of aromatic amines is 1. The molecule has 1 amide bonds. The second kappa shape index (κ2) is 4.77. The Morgan fingerprint density at radius 3 is 2.75 bits per heavy atom. The molecule has 0 spiro atoms. The van der Waals surface area contributed by atoms with E-state index in [1.54, 1.807) is 6.21 Å². The topological polar surface area (TPSA) is 69.6 Å².